The fourth-order valence-corrected chi connectivity index (χ4v) is 1.45. The van der Waals surface area contributed by atoms with E-state index in [1.807, 2.05) is 6.92 Å². The third-order valence-corrected chi connectivity index (χ3v) is 1.98. The molecule has 0 aliphatic carbocycles. The molecule has 0 aromatic rings. The number of ether oxygens (including phenoxy) is 1. The van der Waals surface area contributed by atoms with Crippen LogP contribution in [0.2, 0.25) is 0 Å². The first-order valence-electron chi connectivity index (χ1n) is 3.59. The molecule has 0 saturated carbocycles. The highest BCUT2D eigenvalue weighted by molar-refractivity contribution is 6.44. The number of carbonyl (C=O) groups is 1. The van der Waals surface area contributed by atoms with Crippen LogP contribution in [-0.4, -0.2) is 21.7 Å². The molecular formula is C7H12Cl2O3. The van der Waals surface area contributed by atoms with Crippen LogP contribution in [0, 0.1) is 0 Å². The second-order valence-corrected chi connectivity index (χ2v) is 4.04. The zero-order chi connectivity index (χ0) is 9.78. The topological polar surface area (TPSA) is 46.5 Å². The van der Waals surface area contributed by atoms with E-state index in [4.69, 9.17) is 28.3 Å². The largest absolute Gasteiger partial charge is 0.506 e. The Balaban J connectivity index is 4.13. The predicted molar refractivity (Wildman–Crippen MR) is 47.9 cm³/mol. The maximum Gasteiger partial charge on any atom is 0.506 e. The molecule has 1 atom stereocenters. The molecule has 1 N–H and O–H groups in total. The van der Waals surface area contributed by atoms with Gasteiger partial charge in [-0.2, -0.15) is 0 Å². The maximum atomic E-state index is 10.2. The first kappa shape index (κ1) is 11.8. The van der Waals surface area contributed by atoms with Crippen molar-refractivity contribution in [2.24, 2.45) is 0 Å². The molecule has 0 rings (SSSR count). The molecule has 3 nitrogen and oxygen atoms in total. The van der Waals surface area contributed by atoms with Crippen LogP contribution < -0.4 is 0 Å². The summed E-state index contributed by atoms with van der Waals surface area (Å²) in [4.78, 5) is 9.64. The minimum atomic E-state index is -1.30. The van der Waals surface area contributed by atoms with E-state index in [2.05, 4.69) is 4.74 Å². The molecule has 72 valence electrons. The molecule has 12 heavy (non-hydrogen) atoms. The summed E-state index contributed by atoms with van der Waals surface area (Å²) >= 11 is 11.0. The van der Waals surface area contributed by atoms with E-state index < -0.39 is 16.6 Å². The van der Waals surface area contributed by atoms with Gasteiger partial charge in [0.25, 0.3) is 0 Å². The Hall–Kier alpha value is -0.150. The molecule has 0 heterocycles. The second kappa shape index (κ2) is 4.77. The van der Waals surface area contributed by atoms with Crippen LogP contribution in [0.25, 0.3) is 0 Å². The van der Waals surface area contributed by atoms with Crippen molar-refractivity contribution >= 4 is 29.4 Å². The van der Waals surface area contributed by atoms with Crippen LogP contribution in [0.5, 0.6) is 0 Å². The maximum absolute atomic E-state index is 10.2. The van der Waals surface area contributed by atoms with Gasteiger partial charge >= 0.3 is 6.16 Å². The number of rotatable bonds is 4. The van der Waals surface area contributed by atoms with Crippen LogP contribution in [0.1, 0.15) is 26.7 Å². The average molecular weight is 215 g/mol. The van der Waals surface area contributed by atoms with E-state index >= 15 is 0 Å². The van der Waals surface area contributed by atoms with Crippen molar-refractivity contribution in [3.8, 4) is 0 Å². The molecule has 0 saturated heterocycles. The number of alkyl halides is 2. The van der Waals surface area contributed by atoms with E-state index in [9.17, 15) is 4.79 Å². The Morgan fingerprint density at radius 2 is 2.17 bits per heavy atom. The fourth-order valence-electron chi connectivity index (χ4n) is 0.795. The van der Waals surface area contributed by atoms with Crippen LogP contribution >= 0.6 is 23.2 Å². The molecular weight excluding hydrogens is 203 g/mol. The first-order valence-corrected chi connectivity index (χ1v) is 4.47. The van der Waals surface area contributed by atoms with Gasteiger partial charge in [-0.05, 0) is 13.3 Å². The summed E-state index contributed by atoms with van der Waals surface area (Å²) in [5.41, 5.74) is -0.778. The lowest BCUT2D eigenvalue weighted by Gasteiger charge is -2.26. The van der Waals surface area contributed by atoms with E-state index in [0.717, 1.165) is 0 Å². The Kier molecular flexibility index (Phi) is 4.71. The Morgan fingerprint density at radius 1 is 1.67 bits per heavy atom. The minimum Gasteiger partial charge on any atom is -0.450 e. The van der Waals surface area contributed by atoms with Gasteiger partial charge in [0.15, 0.2) is 0 Å². The normalized spacial score (nSPS) is 15.8. The zero-order valence-corrected chi connectivity index (χ0v) is 8.52. The highest BCUT2D eigenvalue weighted by Gasteiger charge is 2.29. The summed E-state index contributed by atoms with van der Waals surface area (Å²) in [7, 11) is 0. The lowest BCUT2D eigenvalue weighted by Crippen LogP contribution is -2.32. The zero-order valence-electron chi connectivity index (χ0n) is 7.01. The molecule has 0 bridgehead atoms. The van der Waals surface area contributed by atoms with E-state index in [1.165, 1.54) is 0 Å². The van der Waals surface area contributed by atoms with Gasteiger partial charge in [0.1, 0.15) is 10.4 Å². The summed E-state index contributed by atoms with van der Waals surface area (Å²) in [6.45, 7) is 3.48. The van der Waals surface area contributed by atoms with Gasteiger partial charge in [0, 0.05) is 6.42 Å². The smallest absolute Gasteiger partial charge is 0.450 e. The summed E-state index contributed by atoms with van der Waals surface area (Å²) < 4.78 is 4.65. The van der Waals surface area contributed by atoms with Crippen LogP contribution in [0.4, 0.5) is 4.79 Å². The van der Waals surface area contributed by atoms with Gasteiger partial charge in [0.05, 0.1) is 0 Å². The third kappa shape index (κ3) is 4.67. The third-order valence-electron chi connectivity index (χ3n) is 1.67. The summed E-state index contributed by atoms with van der Waals surface area (Å²) in [5.74, 6) is 0. The fraction of sp³-hybridized carbons (Fsp3) is 0.857. The van der Waals surface area contributed by atoms with Crippen molar-refractivity contribution in [3.05, 3.63) is 0 Å². The van der Waals surface area contributed by atoms with Gasteiger partial charge in [-0.15, -0.1) is 23.2 Å². The monoisotopic (exact) mass is 214 g/mol. The van der Waals surface area contributed by atoms with Gasteiger partial charge in [-0.1, -0.05) is 6.92 Å². The van der Waals surface area contributed by atoms with Gasteiger partial charge in [-0.25, -0.2) is 4.79 Å². The first-order chi connectivity index (χ1) is 5.39. The number of halogens is 2. The number of hydrogen-bond acceptors (Lipinski definition) is 2. The molecule has 0 aromatic heterocycles. The Labute approximate surface area is 81.6 Å². The molecule has 0 aliphatic rings. The second-order valence-electron chi connectivity index (χ2n) is 2.77. The number of carboxylic acid groups (broad SMARTS) is 1. The van der Waals surface area contributed by atoms with Crippen LogP contribution in [-0.2, 0) is 4.74 Å². The van der Waals surface area contributed by atoms with Crippen molar-refractivity contribution in [1.82, 2.24) is 0 Å². The summed E-state index contributed by atoms with van der Waals surface area (Å²) in [6.07, 6.45) is -0.443. The van der Waals surface area contributed by atoms with Gasteiger partial charge in [0.2, 0.25) is 0 Å². The van der Waals surface area contributed by atoms with Crippen molar-refractivity contribution in [2.45, 2.75) is 37.1 Å². The minimum absolute atomic E-state index is 0.304. The Morgan fingerprint density at radius 3 is 2.42 bits per heavy atom. The number of hydrogen-bond donors (Lipinski definition) is 1. The average Bonchev–Trinajstić information content (AvgIpc) is 1.83. The highest BCUT2D eigenvalue weighted by Crippen LogP contribution is 2.25. The quantitative estimate of drug-likeness (QED) is 0.579. The molecule has 0 aliphatic heterocycles. The Bertz CT molecular complexity index is 161. The van der Waals surface area contributed by atoms with Crippen molar-refractivity contribution in [1.29, 1.82) is 0 Å². The lowest BCUT2D eigenvalue weighted by atomic mass is 10.0. The molecule has 0 amide bonds. The summed E-state index contributed by atoms with van der Waals surface area (Å²) in [6, 6.07) is 0. The van der Waals surface area contributed by atoms with Gasteiger partial charge < -0.3 is 9.84 Å². The lowest BCUT2D eigenvalue weighted by molar-refractivity contribution is -0.0128. The molecule has 1 unspecified atom stereocenters. The van der Waals surface area contributed by atoms with Crippen molar-refractivity contribution in [3.63, 3.8) is 0 Å². The standard InChI is InChI=1S/C7H12Cl2O3/c1-3-7(2,4-5(8)9)12-6(10)11/h5H,3-4H2,1-2H3,(H,10,11). The molecule has 5 heteroatoms. The molecule has 0 fully saturated rings. The van der Waals surface area contributed by atoms with Crippen LogP contribution in [0.15, 0.2) is 0 Å². The SMILES string of the molecule is CCC(C)(CC(Cl)Cl)OC(=O)O. The predicted octanol–water partition coefficient (Wildman–Crippen LogP) is 3.04. The highest BCUT2D eigenvalue weighted by atomic mass is 35.5. The van der Waals surface area contributed by atoms with E-state index in [1.54, 1.807) is 6.92 Å². The van der Waals surface area contributed by atoms with E-state index in [-0.39, 0.29) is 0 Å². The van der Waals surface area contributed by atoms with Crippen LogP contribution in [0.3, 0.4) is 0 Å². The van der Waals surface area contributed by atoms with Crippen molar-refractivity contribution in [2.75, 3.05) is 0 Å². The molecule has 0 aromatic carbocycles. The van der Waals surface area contributed by atoms with Gasteiger partial charge in [-0.3, -0.25) is 0 Å². The van der Waals surface area contributed by atoms with E-state index in [0.29, 0.717) is 12.8 Å². The summed E-state index contributed by atoms with van der Waals surface area (Å²) in [5, 5.41) is 8.38. The molecule has 0 radical (unpaired) electrons. The van der Waals surface area contributed by atoms with Crippen molar-refractivity contribution < 1.29 is 14.6 Å². The molecule has 0 spiro atoms.